The number of ketones is 1. The van der Waals surface area contributed by atoms with Gasteiger partial charge in [0, 0.05) is 73.2 Å². The monoisotopic (exact) mass is 1130 g/mol. The number of hydrogen-bond donors (Lipinski definition) is 8. The van der Waals surface area contributed by atoms with Gasteiger partial charge in [-0.05, 0) is 109 Å². The van der Waals surface area contributed by atoms with Crippen molar-refractivity contribution in [3.63, 3.8) is 0 Å². The van der Waals surface area contributed by atoms with E-state index in [1.165, 1.54) is 4.90 Å². The highest BCUT2D eigenvalue weighted by Crippen LogP contribution is 2.28. The van der Waals surface area contributed by atoms with Crippen LogP contribution in [-0.2, 0) is 65.8 Å². The summed E-state index contributed by atoms with van der Waals surface area (Å²) in [5.74, 6) is -3.99. The zero-order valence-corrected chi connectivity index (χ0v) is 46.5. The van der Waals surface area contributed by atoms with Crippen molar-refractivity contribution in [3.05, 3.63) is 172 Å². The van der Waals surface area contributed by atoms with Crippen molar-refractivity contribution in [1.82, 2.24) is 41.8 Å². The summed E-state index contributed by atoms with van der Waals surface area (Å²) in [6.45, 7) is 1.77. The molecule has 7 atom stereocenters. The number of aryl methyl sites for hydroxylation is 1. The van der Waals surface area contributed by atoms with Crippen LogP contribution in [0.1, 0.15) is 66.3 Å². The molecular weight excluding hydrogens is 1060 g/mol. The Hall–Kier alpha value is -8.06. The number of aromatic amines is 1. The number of carbonyl (C=O) groups is 7. The molecule has 6 amide bonds. The number of H-pyrrole nitrogens is 1. The van der Waals surface area contributed by atoms with Gasteiger partial charge in [0.2, 0.25) is 29.5 Å². The number of halogens is 1. The molecule has 3 fully saturated rings. The predicted octanol–water partition coefficient (Wildman–Crippen LogP) is 5.63. The molecular formula is C63H72ClN9O9. The molecule has 1 aromatic heterocycles. The molecule has 4 heterocycles. The second-order valence-corrected chi connectivity index (χ2v) is 22.0. The van der Waals surface area contributed by atoms with Crippen molar-refractivity contribution in [2.45, 2.75) is 107 Å². The van der Waals surface area contributed by atoms with Gasteiger partial charge in [-0.3, -0.25) is 28.8 Å². The highest BCUT2D eigenvalue weighted by atomic mass is 35.5. The number of hydrogen-bond acceptors (Lipinski definition) is 11. The molecule has 0 saturated carbocycles. The number of piperidine rings is 1. The Balaban J connectivity index is 1.11. The molecule has 18 nitrogen and oxygen atoms in total. The largest absolute Gasteiger partial charge is 0.489 e. The number of aromatic nitrogens is 1. The summed E-state index contributed by atoms with van der Waals surface area (Å²) in [5, 5.41) is 19.2. The van der Waals surface area contributed by atoms with Crippen LogP contribution in [0, 0.1) is 11.8 Å². The molecule has 9 rings (SSSR count). The molecule has 9 N–H and O–H groups in total. The van der Waals surface area contributed by atoms with Crippen molar-refractivity contribution < 1.29 is 43.0 Å². The van der Waals surface area contributed by atoms with E-state index in [9.17, 15) is 4.79 Å². The number of nitrogens with two attached hydrogens (primary N) is 1. The first-order chi connectivity index (χ1) is 39.8. The molecule has 430 valence electrons. The summed E-state index contributed by atoms with van der Waals surface area (Å²) in [4.78, 5) is 109. The van der Waals surface area contributed by atoms with Gasteiger partial charge in [-0.25, -0.2) is 4.79 Å². The van der Waals surface area contributed by atoms with E-state index >= 15 is 28.8 Å². The highest BCUT2D eigenvalue weighted by molar-refractivity contribution is 6.30. The van der Waals surface area contributed by atoms with Crippen LogP contribution in [0.5, 0.6) is 5.75 Å². The summed E-state index contributed by atoms with van der Waals surface area (Å²) in [6, 6.07) is 34.4. The van der Waals surface area contributed by atoms with Crippen LogP contribution in [-0.4, -0.2) is 120 Å². The maximum Gasteiger partial charge on any atom is 0.407 e. The van der Waals surface area contributed by atoms with Crippen LogP contribution < -0.4 is 42.4 Å². The van der Waals surface area contributed by atoms with E-state index in [1.807, 2.05) is 84.9 Å². The summed E-state index contributed by atoms with van der Waals surface area (Å²) in [6.07, 6.45) is 1.74. The Morgan fingerprint density at radius 3 is 2.07 bits per heavy atom. The molecule has 5 aromatic carbocycles. The first-order valence-electron chi connectivity index (χ1n) is 28.3. The van der Waals surface area contributed by atoms with Gasteiger partial charge in [0.05, 0.1) is 12.6 Å². The smallest absolute Gasteiger partial charge is 0.407 e. The fourth-order valence-electron chi connectivity index (χ4n) is 11.2. The van der Waals surface area contributed by atoms with E-state index in [4.69, 9.17) is 26.8 Å². The average molecular weight is 1130 g/mol. The number of nitrogens with one attached hydrogen (secondary N) is 7. The third kappa shape index (κ3) is 16.1. The minimum Gasteiger partial charge on any atom is -0.489 e. The van der Waals surface area contributed by atoms with Gasteiger partial charge in [-0.15, -0.1) is 0 Å². The Labute approximate surface area is 482 Å². The van der Waals surface area contributed by atoms with Crippen molar-refractivity contribution in [3.8, 4) is 5.75 Å². The number of carbonyl (C=O) groups excluding carboxylic acids is 7. The molecule has 0 spiro atoms. The SMILES string of the molecule is NCCNC(=O)O[C@@H]1C[C@H]2C(=O)N[C@@H](CCc3ccccc3)C(=O)N[C@H](Cc3c[nH]c4ccccc34)C(=O)C[C@@H](CC3CCNCC3)C(=O)N[C@@H](Cc3ccc(OCc4ccccc4)cc3)C(=O)N[C@@H](Cc3cccc(Cl)c3)C(=O)N2C1. The van der Waals surface area contributed by atoms with E-state index in [-0.39, 0.29) is 64.1 Å². The maximum absolute atomic E-state index is 15.5. The quantitative estimate of drug-likeness (QED) is 0.0555. The number of Topliss-reactive ketones (excluding diaryl/α,β-unsaturated/α-hetero) is 1. The lowest BCUT2D eigenvalue weighted by Gasteiger charge is -2.32. The van der Waals surface area contributed by atoms with Crippen molar-refractivity contribution in [2.75, 3.05) is 32.7 Å². The molecule has 6 aromatic rings. The summed E-state index contributed by atoms with van der Waals surface area (Å²) >= 11 is 6.50. The number of ether oxygens (including phenoxy) is 2. The number of amides is 6. The minimum absolute atomic E-state index is 0.0329. The Bertz CT molecular complexity index is 3160. The molecule has 0 aliphatic carbocycles. The topological polar surface area (TPSA) is 255 Å². The maximum atomic E-state index is 15.5. The Kier molecular flexibility index (Phi) is 20.4. The Morgan fingerprint density at radius 2 is 1.33 bits per heavy atom. The van der Waals surface area contributed by atoms with E-state index in [0.29, 0.717) is 41.3 Å². The molecule has 3 saturated heterocycles. The van der Waals surface area contributed by atoms with Crippen LogP contribution in [0.3, 0.4) is 0 Å². The third-order valence-electron chi connectivity index (χ3n) is 15.6. The second-order valence-electron chi connectivity index (χ2n) is 21.6. The highest BCUT2D eigenvalue weighted by Gasteiger charge is 2.45. The minimum atomic E-state index is -1.37. The summed E-state index contributed by atoms with van der Waals surface area (Å²) < 4.78 is 11.9. The van der Waals surface area contributed by atoms with Gasteiger partial charge < -0.3 is 57.0 Å². The first kappa shape index (κ1) is 58.6. The van der Waals surface area contributed by atoms with Crippen molar-refractivity contribution >= 4 is 63.9 Å². The molecule has 0 radical (unpaired) electrons. The molecule has 19 heteroatoms. The summed E-state index contributed by atoms with van der Waals surface area (Å²) in [7, 11) is 0. The normalized spacial score (nSPS) is 22.5. The molecule has 82 heavy (non-hydrogen) atoms. The van der Waals surface area contributed by atoms with Crippen LogP contribution >= 0.6 is 11.6 Å². The van der Waals surface area contributed by atoms with Crippen LogP contribution in [0.4, 0.5) is 4.79 Å². The first-order valence-corrected chi connectivity index (χ1v) is 28.7. The van der Waals surface area contributed by atoms with Crippen molar-refractivity contribution in [2.24, 2.45) is 17.6 Å². The number of benzene rings is 5. The Morgan fingerprint density at radius 1 is 0.671 bits per heavy atom. The van der Waals surface area contributed by atoms with Gasteiger partial charge in [0.25, 0.3) is 0 Å². The molecule has 0 bridgehead atoms. The second kappa shape index (κ2) is 28.6. The number of fused-ring (bicyclic) bond motifs is 2. The van der Waals surface area contributed by atoms with Crippen LogP contribution in [0.15, 0.2) is 140 Å². The third-order valence-corrected chi connectivity index (χ3v) is 15.9. The zero-order valence-electron chi connectivity index (χ0n) is 45.8. The van der Waals surface area contributed by atoms with Crippen LogP contribution in [0.2, 0.25) is 5.02 Å². The van der Waals surface area contributed by atoms with Gasteiger partial charge in [-0.1, -0.05) is 115 Å². The number of rotatable bonds is 17. The average Bonchev–Trinajstić information content (AvgIpc) is 4.29. The van der Waals surface area contributed by atoms with Gasteiger partial charge in [0.1, 0.15) is 42.6 Å². The van der Waals surface area contributed by atoms with Gasteiger partial charge in [-0.2, -0.15) is 0 Å². The fourth-order valence-corrected chi connectivity index (χ4v) is 11.4. The molecule has 3 aliphatic heterocycles. The number of alkyl carbamates (subject to hydrolysis) is 1. The predicted molar refractivity (Wildman–Crippen MR) is 311 cm³/mol. The molecule has 3 aliphatic rings. The molecule has 0 unspecified atom stereocenters. The van der Waals surface area contributed by atoms with Crippen molar-refractivity contribution in [1.29, 1.82) is 0 Å². The van der Waals surface area contributed by atoms with Gasteiger partial charge >= 0.3 is 6.09 Å². The fraction of sp³-hybridized carbons (Fsp3) is 0.381. The lowest BCUT2D eigenvalue weighted by Crippen LogP contribution is -2.60. The lowest BCUT2D eigenvalue weighted by atomic mass is 9.83. The zero-order chi connectivity index (χ0) is 57.4. The summed E-state index contributed by atoms with van der Waals surface area (Å²) in [5.41, 5.74) is 10.3. The standard InChI is InChI=1S/C63H72ClN9O9/c64-47-15-9-14-44(31-47)33-55-62(79)73-38-49(82-63(80)67-29-26-65)36-56(73)61(78)69-52(23-20-40-10-3-1-4-11-40)59(76)70-53(34-46-37-68-51-17-8-7-16-50(46)51)57(74)35-45(30-42-24-27-66-28-25-42)58(75)71-54(60(77)72-55)32-41-18-21-48(22-19-41)81-39-43-12-5-2-6-13-43/h1-19,21-22,31,37,42,45,49,52-56,66,68H,20,23-30,32-36,38-39,65H2,(H,67,80)(H,69,78)(H,70,76)(H,71,75)(H,72,77)/t45-,49-,52+,53-,54+,55+,56+/m1/s1. The van der Waals surface area contributed by atoms with Crippen LogP contribution in [0.25, 0.3) is 10.9 Å². The van der Waals surface area contributed by atoms with E-state index in [2.05, 4.69) is 36.9 Å². The van der Waals surface area contributed by atoms with E-state index < -0.39 is 83.6 Å². The van der Waals surface area contributed by atoms with E-state index in [1.54, 1.807) is 54.7 Å². The van der Waals surface area contributed by atoms with E-state index in [0.717, 1.165) is 53.5 Å². The lowest BCUT2D eigenvalue weighted by molar-refractivity contribution is -0.143. The number of nitrogens with zero attached hydrogens (tertiary/aromatic N) is 1. The number of para-hydroxylation sites is 1. The van der Waals surface area contributed by atoms with Gasteiger partial charge in [0.15, 0.2) is 5.78 Å².